The van der Waals surface area contributed by atoms with E-state index < -0.39 is 0 Å². The van der Waals surface area contributed by atoms with Gasteiger partial charge in [-0.1, -0.05) is 71.2 Å². The number of piperidine rings is 1. The maximum atomic E-state index is 12.5. The van der Waals surface area contributed by atoms with Crippen molar-refractivity contribution in [1.29, 1.82) is 0 Å². The quantitative estimate of drug-likeness (QED) is 0.414. The summed E-state index contributed by atoms with van der Waals surface area (Å²) in [4.78, 5) is 14.3. The molecule has 0 N–H and O–H groups in total. The Balaban J connectivity index is 0.000000290. The molecule has 1 unspecified atom stereocenters. The van der Waals surface area contributed by atoms with Crippen LogP contribution in [0.15, 0.2) is 72.8 Å². The highest BCUT2D eigenvalue weighted by Crippen LogP contribution is 2.39. The molecule has 1 heterocycles. The number of hydrogen-bond donors (Lipinski definition) is 0. The van der Waals surface area contributed by atoms with E-state index in [9.17, 15) is 4.79 Å². The SMILES string of the molecule is Cc1ccc(C2CCCC(=O)N2c2ccc(Cl)cc2)c(Cl)c1.Cc1ccccc1. The molecule has 1 amide bonds. The van der Waals surface area contributed by atoms with Crippen molar-refractivity contribution >= 4 is 34.8 Å². The van der Waals surface area contributed by atoms with Crippen molar-refractivity contribution in [2.75, 3.05) is 4.90 Å². The Hall–Kier alpha value is -2.29. The molecule has 3 aromatic carbocycles. The molecule has 0 spiro atoms. The highest BCUT2D eigenvalue weighted by Gasteiger charge is 2.31. The average molecular weight is 426 g/mol. The van der Waals surface area contributed by atoms with Crippen LogP contribution in [0.5, 0.6) is 0 Å². The van der Waals surface area contributed by atoms with E-state index >= 15 is 0 Å². The Labute approximate surface area is 183 Å². The maximum Gasteiger partial charge on any atom is 0.227 e. The lowest BCUT2D eigenvalue weighted by Crippen LogP contribution is -2.38. The van der Waals surface area contributed by atoms with E-state index in [1.54, 1.807) is 0 Å². The third-order valence-electron chi connectivity index (χ3n) is 5.01. The van der Waals surface area contributed by atoms with E-state index in [1.165, 1.54) is 5.56 Å². The number of nitrogens with zero attached hydrogens (tertiary/aromatic N) is 1. The van der Waals surface area contributed by atoms with Crippen LogP contribution in [0.2, 0.25) is 10.0 Å². The van der Waals surface area contributed by atoms with Crippen LogP contribution < -0.4 is 4.90 Å². The van der Waals surface area contributed by atoms with Gasteiger partial charge < -0.3 is 4.90 Å². The first-order chi connectivity index (χ1) is 14.0. The van der Waals surface area contributed by atoms with Gasteiger partial charge in [-0.15, -0.1) is 0 Å². The van der Waals surface area contributed by atoms with E-state index in [-0.39, 0.29) is 11.9 Å². The summed E-state index contributed by atoms with van der Waals surface area (Å²) in [6.07, 6.45) is 2.37. The second kappa shape index (κ2) is 9.96. The molecule has 4 heteroatoms. The number of aryl methyl sites for hydroxylation is 2. The number of hydrogen-bond acceptors (Lipinski definition) is 1. The van der Waals surface area contributed by atoms with Gasteiger partial charge in [-0.3, -0.25) is 4.79 Å². The Bertz CT molecular complexity index is 954. The smallest absolute Gasteiger partial charge is 0.227 e. The first-order valence-corrected chi connectivity index (χ1v) is 10.6. The zero-order valence-electron chi connectivity index (χ0n) is 16.7. The molecule has 1 aliphatic heterocycles. The first kappa shape index (κ1) is 21.4. The van der Waals surface area contributed by atoms with Crippen LogP contribution in [-0.4, -0.2) is 5.91 Å². The molecule has 1 atom stereocenters. The van der Waals surface area contributed by atoms with Crippen LogP contribution in [-0.2, 0) is 4.79 Å². The second-order valence-corrected chi connectivity index (χ2v) is 8.17. The molecular weight excluding hydrogens is 401 g/mol. The lowest BCUT2D eigenvalue weighted by Gasteiger charge is -2.36. The van der Waals surface area contributed by atoms with Crippen molar-refractivity contribution in [2.45, 2.75) is 39.2 Å². The lowest BCUT2D eigenvalue weighted by molar-refractivity contribution is -0.120. The van der Waals surface area contributed by atoms with Crippen molar-refractivity contribution < 1.29 is 4.79 Å². The fourth-order valence-electron chi connectivity index (χ4n) is 3.53. The molecule has 0 bridgehead atoms. The molecule has 1 saturated heterocycles. The van der Waals surface area contributed by atoms with Crippen molar-refractivity contribution in [2.24, 2.45) is 0 Å². The summed E-state index contributed by atoms with van der Waals surface area (Å²) in [5, 5.41) is 1.39. The molecule has 0 radical (unpaired) electrons. The van der Waals surface area contributed by atoms with E-state index in [0.29, 0.717) is 11.4 Å². The summed E-state index contributed by atoms with van der Waals surface area (Å²) < 4.78 is 0. The zero-order chi connectivity index (χ0) is 20.8. The summed E-state index contributed by atoms with van der Waals surface area (Å²) in [7, 11) is 0. The van der Waals surface area contributed by atoms with Crippen LogP contribution in [0.1, 0.15) is 42.0 Å². The fraction of sp³-hybridized carbons (Fsp3) is 0.240. The molecule has 150 valence electrons. The second-order valence-electron chi connectivity index (χ2n) is 7.33. The van der Waals surface area contributed by atoms with Crippen LogP contribution in [0.3, 0.4) is 0 Å². The normalized spacial score (nSPS) is 16.2. The predicted octanol–water partition coefficient (Wildman–Crippen LogP) is 7.56. The topological polar surface area (TPSA) is 20.3 Å². The van der Waals surface area contributed by atoms with E-state index in [4.69, 9.17) is 23.2 Å². The van der Waals surface area contributed by atoms with Crippen molar-refractivity contribution in [3.05, 3.63) is 99.5 Å². The van der Waals surface area contributed by atoms with Gasteiger partial charge in [0.15, 0.2) is 0 Å². The van der Waals surface area contributed by atoms with Crippen LogP contribution in [0, 0.1) is 13.8 Å². The van der Waals surface area contributed by atoms with Gasteiger partial charge in [-0.25, -0.2) is 0 Å². The van der Waals surface area contributed by atoms with Gasteiger partial charge in [0.05, 0.1) is 6.04 Å². The highest BCUT2D eigenvalue weighted by atomic mass is 35.5. The minimum absolute atomic E-state index is 0.0180. The van der Waals surface area contributed by atoms with E-state index in [2.05, 4.69) is 19.1 Å². The summed E-state index contributed by atoms with van der Waals surface area (Å²) in [6.45, 7) is 4.10. The van der Waals surface area contributed by atoms with Crippen LogP contribution in [0.4, 0.5) is 5.69 Å². The predicted molar refractivity (Wildman–Crippen MR) is 123 cm³/mol. The van der Waals surface area contributed by atoms with Crippen LogP contribution >= 0.6 is 23.2 Å². The third kappa shape index (κ3) is 5.62. The average Bonchev–Trinajstić information content (AvgIpc) is 2.70. The molecule has 2 nitrogen and oxygen atoms in total. The lowest BCUT2D eigenvalue weighted by atomic mass is 9.93. The van der Waals surface area contributed by atoms with Crippen molar-refractivity contribution in [3.8, 4) is 0 Å². The number of carbonyl (C=O) groups is 1. The number of halogens is 2. The van der Waals surface area contributed by atoms with Crippen molar-refractivity contribution in [3.63, 3.8) is 0 Å². The summed E-state index contributed by atoms with van der Waals surface area (Å²) in [5.41, 5.74) is 4.32. The monoisotopic (exact) mass is 425 g/mol. The largest absolute Gasteiger partial charge is 0.305 e. The zero-order valence-corrected chi connectivity index (χ0v) is 18.3. The molecule has 29 heavy (non-hydrogen) atoms. The molecule has 1 aliphatic rings. The molecule has 0 aromatic heterocycles. The minimum atomic E-state index is -0.0180. The van der Waals surface area contributed by atoms with Crippen LogP contribution in [0.25, 0.3) is 0 Å². The number of anilines is 1. The summed E-state index contributed by atoms with van der Waals surface area (Å²) in [5.74, 6) is 0.134. The Morgan fingerprint density at radius 1 is 0.862 bits per heavy atom. The molecule has 0 aliphatic carbocycles. The molecule has 4 rings (SSSR count). The number of rotatable bonds is 2. The summed E-state index contributed by atoms with van der Waals surface area (Å²) in [6, 6.07) is 23.7. The maximum absolute atomic E-state index is 12.5. The van der Waals surface area contributed by atoms with Gasteiger partial charge in [-0.05, 0) is 68.1 Å². The summed E-state index contributed by atoms with van der Waals surface area (Å²) >= 11 is 12.4. The van der Waals surface area contributed by atoms with Gasteiger partial charge in [0.1, 0.15) is 0 Å². The number of benzene rings is 3. The van der Waals surface area contributed by atoms with Gasteiger partial charge in [-0.2, -0.15) is 0 Å². The molecule has 3 aromatic rings. The first-order valence-electron chi connectivity index (χ1n) is 9.81. The van der Waals surface area contributed by atoms with E-state index in [0.717, 1.165) is 34.7 Å². The number of carbonyl (C=O) groups excluding carboxylic acids is 1. The van der Waals surface area contributed by atoms with Gasteiger partial charge in [0.2, 0.25) is 5.91 Å². The Morgan fingerprint density at radius 2 is 1.55 bits per heavy atom. The van der Waals surface area contributed by atoms with Gasteiger partial charge >= 0.3 is 0 Å². The van der Waals surface area contributed by atoms with E-state index in [1.807, 2.05) is 72.5 Å². The van der Waals surface area contributed by atoms with Gasteiger partial charge in [0, 0.05) is 22.2 Å². The number of amides is 1. The highest BCUT2D eigenvalue weighted by molar-refractivity contribution is 6.31. The Kier molecular flexibility index (Phi) is 7.35. The molecule has 0 saturated carbocycles. The minimum Gasteiger partial charge on any atom is -0.305 e. The third-order valence-corrected chi connectivity index (χ3v) is 5.59. The Morgan fingerprint density at radius 3 is 2.14 bits per heavy atom. The van der Waals surface area contributed by atoms with Crippen molar-refractivity contribution in [1.82, 2.24) is 0 Å². The van der Waals surface area contributed by atoms with Gasteiger partial charge in [0.25, 0.3) is 0 Å². The molecular formula is C25H25Cl2NO. The molecule has 1 fully saturated rings. The standard InChI is InChI=1S/C18H17Cl2NO.C7H8/c1-12-5-10-15(16(20)11-12)17-3-2-4-18(22)21(17)14-8-6-13(19)7-9-14;1-7-5-3-2-4-6-7/h5-11,17H,2-4H2,1H3;2-6H,1H3. The fourth-order valence-corrected chi connectivity index (χ4v) is 4.01.